The summed E-state index contributed by atoms with van der Waals surface area (Å²) in [5, 5.41) is 3.79. The molecule has 1 atom stereocenters. The number of hydrogen-bond acceptors (Lipinski definition) is 2. The topological polar surface area (TPSA) is 21.3 Å². The van der Waals surface area contributed by atoms with Crippen LogP contribution in [-0.2, 0) is 11.2 Å². The number of fused-ring (bicyclic) bond motifs is 2. The summed E-state index contributed by atoms with van der Waals surface area (Å²) < 4.78 is 5.20. The molecule has 0 bridgehead atoms. The quantitative estimate of drug-likeness (QED) is 0.902. The highest BCUT2D eigenvalue weighted by atomic mass is 16.5. The molecule has 0 amide bonds. The van der Waals surface area contributed by atoms with Crippen molar-refractivity contribution in [2.75, 3.05) is 13.7 Å². The Morgan fingerprint density at radius 3 is 2.19 bits per heavy atom. The van der Waals surface area contributed by atoms with Crippen LogP contribution in [0.3, 0.4) is 0 Å². The average molecular weight is 281 g/mol. The third-order valence-corrected chi connectivity index (χ3v) is 4.32. The van der Waals surface area contributed by atoms with Gasteiger partial charge >= 0.3 is 0 Å². The van der Waals surface area contributed by atoms with Gasteiger partial charge in [-0.05, 0) is 42.0 Å². The predicted octanol–water partition coefficient (Wildman–Crippen LogP) is 3.69. The van der Waals surface area contributed by atoms with Crippen molar-refractivity contribution in [3.05, 3.63) is 70.8 Å². The Morgan fingerprint density at radius 1 is 1.05 bits per heavy atom. The minimum Gasteiger partial charge on any atom is -0.385 e. The molecule has 0 aromatic heterocycles. The standard InChI is InChI=1S/C19H23NO/c1-14(11-12-21-2)20-19-17-9-5-3-7-15(17)13-16-8-4-6-10-18(16)19/h3-10,14,19-20H,11-13H2,1-2H3. The summed E-state index contributed by atoms with van der Waals surface area (Å²) in [6, 6.07) is 18.3. The molecule has 110 valence electrons. The zero-order chi connectivity index (χ0) is 14.7. The zero-order valence-electron chi connectivity index (χ0n) is 12.8. The lowest BCUT2D eigenvalue weighted by Gasteiger charge is -2.31. The molecular formula is C19H23NO. The summed E-state index contributed by atoms with van der Waals surface area (Å²) in [5.41, 5.74) is 5.71. The van der Waals surface area contributed by atoms with Crippen LogP contribution in [0, 0.1) is 0 Å². The molecule has 2 aromatic rings. The molecule has 2 heteroatoms. The van der Waals surface area contributed by atoms with Crippen molar-refractivity contribution in [1.29, 1.82) is 0 Å². The summed E-state index contributed by atoms with van der Waals surface area (Å²) in [5.74, 6) is 0. The maximum absolute atomic E-state index is 5.20. The van der Waals surface area contributed by atoms with Crippen LogP contribution in [-0.4, -0.2) is 19.8 Å². The van der Waals surface area contributed by atoms with Gasteiger partial charge in [-0.3, -0.25) is 0 Å². The van der Waals surface area contributed by atoms with Crippen molar-refractivity contribution in [3.63, 3.8) is 0 Å². The van der Waals surface area contributed by atoms with Crippen LogP contribution in [0.15, 0.2) is 48.5 Å². The molecule has 1 aliphatic carbocycles. The van der Waals surface area contributed by atoms with Gasteiger partial charge in [-0.1, -0.05) is 48.5 Å². The van der Waals surface area contributed by atoms with Crippen LogP contribution in [0.25, 0.3) is 0 Å². The van der Waals surface area contributed by atoms with Gasteiger partial charge in [0.25, 0.3) is 0 Å². The van der Waals surface area contributed by atoms with Crippen molar-refractivity contribution < 1.29 is 4.74 Å². The van der Waals surface area contributed by atoms with E-state index in [1.54, 1.807) is 7.11 Å². The van der Waals surface area contributed by atoms with E-state index >= 15 is 0 Å². The van der Waals surface area contributed by atoms with Crippen LogP contribution >= 0.6 is 0 Å². The highest BCUT2D eigenvalue weighted by Gasteiger charge is 2.25. The van der Waals surface area contributed by atoms with E-state index in [0.29, 0.717) is 6.04 Å². The molecule has 0 saturated heterocycles. The molecule has 1 unspecified atom stereocenters. The Hall–Kier alpha value is -1.64. The monoisotopic (exact) mass is 281 g/mol. The van der Waals surface area contributed by atoms with Crippen molar-refractivity contribution in [1.82, 2.24) is 5.32 Å². The van der Waals surface area contributed by atoms with Crippen molar-refractivity contribution in [3.8, 4) is 0 Å². The second-order valence-corrected chi connectivity index (χ2v) is 5.86. The predicted molar refractivity (Wildman–Crippen MR) is 86.6 cm³/mol. The first-order valence-electron chi connectivity index (χ1n) is 7.70. The molecule has 0 spiro atoms. The molecule has 0 aliphatic heterocycles. The molecule has 0 saturated carbocycles. The summed E-state index contributed by atoms with van der Waals surface area (Å²) in [7, 11) is 1.76. The van der Waals surface area contributed by atoms with Crippen molar-refractivity contribution in [2.24, 2.45) is 0 Å². The van der Waals surface area contributed by atoms with Crippen LogP contribution in [0.2, 0.25) is 0 Å². The number of methoxy groups -OCH3 is 1. The Bertz CT molecular complexity index is 563. The number of ether oxygens (including phenoxy) is 1. The second kappa shape index (κ2) is 6.42. The maximum atomic E-state index is 5.20. The van der Waals surface area contributed by atoms with Gasteiger partial charge in [0.2, 0.25) is 0 Å². The summed E-state index contributed by atoms with van der Waals surface area (Å²) in [6.45, 7) is 3.03. The van der Waals surface area contributed by atoms with E-state index in [2.05, 4.69) is 60.8 Å². The number of benzene rings is 2. The lowest BCUT2D eigenvalue weighted by molar-refractivity contribution is 0.183. The molecule has 1 aliphatic rings. The molecular weight excluding hydrogens is 258 g/mol. The van der Waals surface area contributed by atoms with E-state index in [4.69, 9.17) is 4.74 Å². The third kappa shape index (κ3) is 3.02. The number of nitrogens with one attached hydrogen (secondary N) is 1. The molecule has 21 heavy (non-hydrogen) atoms. The van der Waals surface area contributed by atoms with Gasteiger partial charge in [0, 0.05) is 19.8 Å². The van der Waals surface area contributed by atoms with E-state index in [-0.39, 0.29) is 6.04 Å². The van der Waals surface area contributed by atoms with E-state index < -0.39 is 0 Å². The van der Waals surface area contributed by atoms with Gasteiger partial charge in [0.1, 0.15) is 0 Å². The van der Waals surface area contributed by atoms with E-state index in [0.717, 1.165) is 19.4 Å². The number of rotatable bonds is 5. The van der Waals surface area contributed by atoms with Gasteiger partial charge in [-0.2, -0.15) is 0 Å². The second-order valence-electron chi connectivity index (χ2n) is 5.86. The highest BCUT2D eigenvalue weighted by Crippen LogP contribution is 2.35. The molecule has 2 aromatic carbocycles. The largest absolute Gasteiger partial charge is 0.385 e. The van der Waals surface area contributed by atoms with Crippen LogP contribution < -0.4 is 5.32 Å². The minimum absolute atomic E-state index is 0.290. The maximum Gasteiger partial charge on any atom is 0.0584 e. The fourth-order valence-corrected chi connectivity index (χ4v) is 3.17. The molecule has 0 fully saturated rings. The molecule has 0 heterocycles. The van der Waals surface area contributed by atoms with Gasteiger partial charge < -0.3 is 10.1 Å². The smallest absolute Gasteiger partial charge is 0.0584 e. The Labute approximate surface area is 127 Å². The first-order chi connectivity index (χ1) is 10.3. The summed E-state index contributed by atoms with van der Waals surface area (Å²) in [6.07, 6.45) is 2.06. The van der Waals surface area contributed by atoms with Gasteiger partial charge in [0.05, 0.1) is 6.04 Å². The van der Waals surface area contributed by atoms with Crippen molar-refractivity contribution >= 4 is 0 Å². The van der Waals surface area contributed by atoms with E-state index in [1.165, 1.54) is 22.3 Å². The Morgan fingerprint density at radius 2 is 1.62 bits per heavy atom. The molecule has 1 N–H and O–H groups in total. The molecule has 3 rings (SSSR count). The lowest BCUT2D eigenvalue weighted by atomic mass is 9.82. The Kier molecular flexibility index (Phi) is 4.37. The van der Waals surface area contributed by atoms with Gasteiger partial charge in [-0.15, -0.1) is 0 Å². The average Bonchev–Trinajstić information content (AvgIpc) is 2.52. The fraction of sp³-hybridized carbons (Fsp3) is 0.368. The van der Waals surface area contributed by atoms with E-state index in [9.17, 15) is 0 Å². The fourth-order valence-electron chi connectivity index (χ4n) is 3.17. The summed E-state index contributed by atoms with van der Waals surface area (Å²) >= 11 is 0. The minimum atomic E-state index is 0.290. The highest BCUT2D eigenvalue weighted by molar-refractivity contribution is 5.48. The molecule has 2 nitrogen and oxygen atoms in total. The van der Waals surface area contributed by atoms with Crippen LogP contribution in [0.5, 0.6) is 0 Å². The SMILES string of the molecule is COCCC(C)NC1c2ccccc2Cc2ccccc21. The third-order valence-electron chi connectivity index (χ3n) is 4.32. The van der Waals surface area contributed by atoms with Gasteiger partial charge in [-0.25, -0.2) is 0 Å². The number of hydrogen-bond donors (Lipinski definition) is 1. The van der Waals surface area contributed by atoms with Crippen LogP contribution in [0.4, 0.5) is 0 Å². The lowest BCUT2D eigenvalue weighted by Crippen LogP contribution is -2.34. The first-order valence-corrected chi connectivity index (χ1v) is 7.70. The molecule has 0 radical (unpaired) electrons. The Balaban J connectivity index is 1.91. The van der Waals surface area contributed by atoms with Crippen molar-refractivity contribution in [2.45, 2.75) is 31.8 Å². The first kappa shape index (κ1) is 14.3. The van der Waals surface area contributed by atoms with E-state index in [1.807, 2.05) is 0 Å². The zero-order valence-corrected chi connectivity index (χ0v) is 12.8. The normalized spacial score (nSPS) is 15.3. The van der Waals surface area contributed by atoms with Crippen LogP contribution in [0.1, 0.15) is 41.6 Å². The summed E-state index contributed by atoms with van der Waals surface area (Å²) in [4.78, 5) is 0. The van der Waals surface area contributed by atoms with Gasteiger partial charge in [0.15, 0.2) is 0 Å².